The summed E-state index contributed by atoms with van der Waals surface area (Å²) in [6.45, 7) is 3.62. The Kier molecular flexibility index (Phi) is 3.19. The van der Waals surface area contributed by atoms with Crippen molar-refractivity contribution in [3.8, 4) is 0 Å². The Morgan fingerprint density at radius 3 is 2.79 bits per heavy atom. The summed E-state index contributed by atoms with van der Waals surface area (Å²) in [5.41, 5.74) is 0. The number of aromatic nitrogens is 2. The minimum atomic E-state index is 0.912. The van der Waals surface area contributed by atoms with Crippen molar-refractivity contribution in [2.75, 3.05) is 20.1 Å². The molecule has 14 heavy (non-hydrogen) atoms. The van der Waals surface area contributed by atoms with Crippen LogP contribution in [0.25, 0.3) is 0 Å². The summed E-state index contributed by atoms with van der Waals surface area (Å²) in [7, 11) is 2.21. The van der Waals surface area contributed by atoms with Crippen molar-refractivity contribution in [1.82, 2.24) is 14.7 Å². The molecular formula is C11H19N3. The zero-order valence-electron chi connectivity index (χ0n) is 8.89. The second-order valence-corrected chi connectivity index (χ2v) is 4.30. The fourth-order valence-electron chi connectivity index (χ4n) is 2.10. The molecule has 1 aromatic heterocycles. The number of aryl methyl sites for hydroxylation is 1. The Morgan fingerprint density at radius 2 is 2.14 bits per heavy atom. The van der Waals surface area contributed by atoms with Gasteiger partial charge in [0.05, 0.1) is 0 Å². The lowest BCUT2D eigenvalue weighted by molar-refractivity contribution is 0.206. The average Bonchev–Trinajstić information content (AvgIpc) is 2.70. The lowest BCUT2D eigenvalue weighted by Crippen LogP contribution is -2.30. The van der Waals surface area contributed by atoms with Gasteiger partial charge in [0.15, 0.2) is 0 Å². The van der Waals surface area contributed by atoms with Gasteiger partial charge in [-0.15, -0.1) is 0 Å². The summed E-state index contributed by atoms with van der Waals surface area (Å²) < 4.78 is 2.04. The summed E-state index contributed by atoms with van der Waals surface area (Å²) in [6, 6.07) is 1.99. The van der Waals surface area contributed by atoms with E-state index in [0.29, 0.717) is 0 Å². The van der Waals surface area contributed by atoms with Crippen molar-refractivity contribution in [3.05, 3.63) is 18.5 Å². The van der Waals surface area contributed by atoms with Gasteiger partial charge in [0.25, 0.3) is 0 Å². The van der Waals surface area contributed by atoms with Gasteiger partial charge in [-0.25, -0.2) is 0 Å². The third-order valence-corrected chi connectivity index (χ3v) is 3.16. The zero-order chi connectivity index (χ0) is 9.80. The van der Waals surface area contributed by atoms with E-state index in [2.05, 4.69) is 23.2 Å². The van der Waals surface area contributed by atoms with Gasteiger partial charge in [-0.2, -0.15) is 5.10 Å². The van der Waals surface area contributed by atoms with Crippen LogP contribution in [-0.2, 0) is 6.54 Å². The van der Waals surface area contributed by atoms with Crippen molar-refractivity contribution in [2.24, 2.45) is 5.92 Å². The molecule has 0 amide bonds. The molecule has 0 radical (unpaired) electrons. The maximum atomic E-state index is 4.22. The Morgan fingerprint density at radius 1 is 1.36 bits per heavy atom. The van der Waals surface area contributed by atoms with Crippen LogP contribution in [-0.4, -0.2) is 34.8 Å². The lowest BCUT2D eigenvalue weighted by atomic mass is 9.94. The highest BCUT2D eigenvalue weighted by atomic mass is 15.3. The van der Waals surface area contributed by atoms with E-state index in [1.165, 1.54) is 32.4 Å². The highest BCUT2D eigenvalue weighted by Crippen LogP contribution is 2.19. The fourth-order valence-corrected chi connectivity index (χ4v) is 2.10. The molecule has 3 nitrogen and oxygen atoms in total. The molecule has 2 rings (SSSR count). The molecule has 0 N–H and O–H groups in total. The first-order chi connectivity index (χ1) is 6.84. The van der Waals surface area contributed by atoms with Crippen LogP contribution in [0.2, 0.25) is 0 Å². The number of nitrogens with zero attached hydrogens (tertiary/aromatic N) is 3. The van der Waals surface area contributed by atoms with Crippen LogP contribution in [0.4, 0.5) is 0 Å². The Labute approximate surface area is 85.7 Å². The van der Waals surface area contributed by atoms with Gasteiger partial charge in [0.1, 0.15) is 0 Å². The first kappa shape index (κ1) is 9.71. The molecule has 1 saturated heterocycles. The van der Waals surface area contributed by atoms with Crippen LogP contribution in [0.5, 0.6) is 0 Å². The van der Waals surface area contributed by atoms with Crippen molar-refractivity contribution >= 4 is 0 Å². The molecule has 0 bridgehead atoms. The number of hydrogen-bond donors (Lipinski definition) is 0. The Balaban J connectivity index is 1.71. The molecule has 0 saturated carbocycles. The van der Waals surface area contributed by atoms with Crippen molar-refractivity contribution in [3.63, 3.8) is 0 Å². The summed E-state index contributed by atoms with van der Waals surface area (Å²) in [5.74, 6) is 0.912. The van der Waals surface area contributed by atoms with Gasteiger partial charge in [-0.1, -0.05) is 0 Å². The SMILES string of the molecule is CN1CCC(CCn2cccn2)CC1. The third kappa shape index (κ3) is 2.58. The van der Waals surface area contributed by atoms with E-state index < -0.39 is 0 Å². The first-order valence-corrected chi connectivity index (χ1v) is 5.50. The Hall–Kier alpha value is -0.830. The maximum Gasteiger partial charge on any atom is 0.0489 e. The molecule has 78 valence electrons. The average molecular weight is 193 g/mol. The molecule has 1 aromatic rings. The zero-order valence-corrected chi connectivity index (χ0v) is 8.89. The molecule has 1 aliphatic rings. The second-order valence-electron chi connectivity index (χ2n) is 4.30. The molecule has 0 spiro atoms. The van der Waals surface area contributed by atoms with E-state index in [4.69, 9.17) is 0 Å². The molecule has 2 heterocycles. The summed E-state index contributed by atoms with van der Waals surface area (Å²) >= 11 is 0. The number of rotatable bonds is 3. The molecule has 1 aliphatic heterocycles. The summed E-state index contributed by atoms with van der Waals surface area (Å²) in [5, 5.41) is 4.22. The minimum Gasteiger partial charge on any atom is -0.306 e. The lowest BCUT2D eigenvalue weighted by Gasteiger charge is -2.28. The molecule has 0 atom stereocenters. The molecule has 0 aromatic carbocycles. The van der Waals surface area contributed by atoms with Gasteiger partial charge in [0, 0.05) is 18.9 Å². The standard InChI is InChI=1S/C11H19N3/c1-13-8-3-11(4-9-13)5-10-14-7-2-6-12-14/h2,6-7,11H,3-5,8-10H2,1H3. The van der Waals surface area contributed by atoms with Gasteiger partial charge in [-0.3, -0.25) is 4.68 Å². The summed E-state index contributed by atoms with van der Waals surface area (Å²) in [6.07, 6.45) is 7.91. The number of likely N-dealkylation sites (tertiary alicyclic amines) is 1. The smallest absolute Gasteiger partial charge is 0.0489 e. The van der Waals surface area contributed by atoms with Gasteiger partial charge in [0.2, 0.25) is 0 Å². The predicted octanol–water partition coefficient (Wildman–Crippen LogP) is 1.61. The van der Waals surface area contributed by atoms with Gasteiger partial charge >= 0.3 is 0 Å². The Bertz CT molecular complexity index is 248. The van der Waals surface area contributed by atoms with Crippen molar-refractivity contribution in [2.45, 2.75) is 25.8 Å². The van der Waals surface area contributed by atoms with E-state index in [1.54, 1.807) is 0 Å². The minimum absolute atomic E-state index is 0.912. The van der Waals surface area contributed by atoms with Gasteiger partial charge < -0.3 is 4.90 Å². The number of hydrogen-bond acceptors (Lipinski definition) is 2. The number of piperidine rings is 1. The normalized spacial score (nSPS) is 20.1. The fraction of sp³-hybridized carbons (Fsp3) is 0.727. The van der Waals surface area contributed by atoms with Crippen molar-refractivity contribution in [1.29, 1.82) is 0 Å². The third-order valence-electron chi connectivity index (χ3n) is 3.16. The van der Waals surface area contributed by atoms with Crippen LogP contribution in [0.1, 0.15) is 19.3 Å². The quantitative estimate of drug-likeness (QED) is 0.727. The molecule has 1 fully saturated rings. The van der Waals surface area contributed by atoms with E-state index in [9.17, 15) is 0 Å². The van der Waals surface area contributed by atoms with Crippen molar-refractivity contribution < 1.29 is 0 Å². The highest BCUT2D eigenvalue weighted by molar-refractivity contribution is 4.78. The first-order valence-electron chi connectivity index (χ1n) is 5.50. The van der Waals surface area contributed by atoms with Crippen LogP contribution in [0, 0.1) is 5.92 Å². The summed E-state index contributed by atoms with van der Waals surface area (Å²) in [4.78, 5) is 2.42. The van der Waals surface area contributed by atoms with Crippen LogP contribution in [0.15, 0.2) is 18.5 Å². The van der Waals surface area contributed by atoms with E-state index >= 15 is 0 Å². The molecule has 0 aliphatic carbocycles. The van der Waals surface area contributed by atoms with Gasteiger partial charge in [-0.05, 0) is 51.4 Å². The van der Waals surface area contributed by atoms with E-state index in [-0.39, 0.29) is 0 Å². The molecule has 3 heteroatoms. The topological polar surface area (TPSA) is 21.1 Å². The van der Waals surface area contributed by atoms with Crippen LogP contribution in [0.3, 0.4) is 0 Å². The van der Waals surface area contributed by atoms with Crippen LogP contribution >= 0.6 is 0 Å². The van der Waals surface area contributed by atoms with E-state index in [0.717, 1.165) is 12.5 Å². The molecular weight excluding hydrogens is 174 g/mol. The second kappa shape index (κ2) is 4.60. The van der Waals surface area contributed by atoms with E-state index in [1.807, 2.05) is 16.9 Å². The van der Waals surface area contributed by atoms with Crippen LogP contribution < -0.4 is 0 Å². The molecule has 0 unspecified atom stereocenters. The highest BCUT2D eigenvalue weighted by Gasteiger charge is 2.15. The predicted molar refractivity (Wildman–Crippen MR) is 57.1 cm³/mol. The maximum absolute atomic E-state index is 4.22. The monoisotopic (exact) mass is 193 g/mol. The largest absolute Gasteiger partial charge is 0.306 e.